The fraction of sp³-hybridized carbons (Fsp3) is 0.0833. The molecule has 0 saturated heterocycles. The van der Waals surface area contributed by atoms with E-state index in [1.54, 1.807) is 30.3 Å². The zero-order valence-corrected chi connectivity index (χ0v) is 10.6. The molecule has 4 heteroatoms. The molecular formula is C12H8Cl2OS. The van der Waals surface area contributed by atoms with Gasteiger partial charge in [-0.25, -0.2) is 0 Å². The van der Waals surface area contributed by atoms with Crippen LogP contribution < -0.4 is 0 Å². The molecule has 16 heavy (non-hydrogen) atoms. The maximum absolute atomic E-state index is 11.9. The van der Waals surface area contributed by atoms with Crippen LogP contribution >= 0.6 is 34.5 Å². The van der Waals surface area contributed by atoms with Crippen LogP contribution in [0.1, 0.15) is 15.2 Å². The van der Waals surface area contributed by atoms with E-state index in [9.17, 15) is 4.79 Å². The van der Waals surface area contributed by atoms with E-state index < -0.39 is 0 Å². The highest BCUT2D eigenvalue weighted by atomic mass is 35.5. The van der Waals surface area contributed by atoms with Crippen LogP contribution in [0.2, 0.25) is 9.36 Å². The average Bonchev–Trinajstić information content (AvgIpc) is 2.65. The second kappa shape index (κ2) is 5.00. The number of halogens is 2. The number of carbonyl (C=O) groups excluding carboxylic acids is 1. The van der Waals surface area contributed by atoms with Crippen molar-refractivity contribution in [2.24, 2.45) is 0 Å². The Balaban J connectivity index is 2.11. The Morgan fingerprint density at radius 1 is 1.06 bits per heavy atom. The average molecular weight is 271 g/mol. The largest absolute Gasteiger partial charge is 0.294 e. The number of hydrogen-bond acceptors (Lipinski definition) is 2. The van der Waals surface area contributed by atoms with Crippen molar-refractivity contribution in [2.75, 3.05) is 0 Å². The molecule has 0 bridgehead atoms. The van der Waals surface area contributed by atoms with E-state index in [1.165, 1.54) is 11.3 Å². The molecule has 0 N–H and O–H groups in total. The molecule has 0 aliphatic carbocycles. The number of carbonyl (C=O) groups is 1. The fourth-order valence-corrected chi connectivity index (χ4v) is 2.56. The molecular weight excluding hydrogens is 263 g/mol. The summed E-state index contributed by atoms with van der Waals surface area (Å²) in [6.45, 7) is 0. The van der Waals surface area contributed by atoms with Gasteiger partial charge >= 0.3 is 0 Å². The van der Waals surface area contributed by atoms with E-state index in [-0.39, 0.29) is 5.78 Å². The third-order valence-corrected chi connectivity index (χ3v) is 3.61. The monoisotopic (exact) mass is 270 g/mol. The molecule has 1 aromatic heterocycles. The van der Waals surface area contributed by atoms with Gasteiger partial charge in [-0.05, 0) is 36.4 Å². The molecule has 0 amide bonds. The number of thiophene rings is 1. The summed E-state index contributed by atoms with van der Waals surface area (Å²) < 4.78 is 0.707. The van der Waals surface area contributed by atoms with Gasteiger partial charge in [0.15, 0.2) is 5.78 Å². The Hall–Kier alpha value is -0.830. The first-order valence-electron chi connectivity index (χ1n) is 4.68. The quantitative estimate of drug-likeness (QED) is 0.752. The van der Waals surface area contributed by atoms with Crippen LogP contribution in [0, 0.1) is 0 Å². The van der Waals surface area contributed by atoms with Crippen LogP contribution in [0.5, 0.6) is 0 Å². The Kier molecular flexibility index (Phi) is 3.64. The molecule has 0 aliphatic heterocycles. The number of Topliss-reactive ketones (excluding diaryl/α,β-unsaturated/α-hetero) is 1. The molecule has 2 aromatic rings. The molecule has 0 aliphatic rings. The van der Waals surface area contributed by atoms with E-state index in [4.69, 9.17) is 23.2 Å². The highest BCUT2D eigenvalue weighted by Crippen LogP contribution is 2.23. The molecule has 2 rings (SSSR count). The van der Waals surface area contributed by atoms with E-state index in [0.717, 1.165) is 4.88 Å². The zero-order chi connectivity index (χ0) is 11.5. The van der Waals surface area contributed by atoms with Crippen LogP contribution in [0.25, 0.3) is 0 Å². The minimum Gasteiger partial charge on any atom is -0.294 e. The molecule has 0 fully saturated rings. The lowest BCUT2D eigenvalue weighted by Gasteiger charge is -1.99. The third-order valence-electron chi connectivity index (χ3n) is 2.13. The van der Waals surface area contributed by atoms with Crippen molar-refractivity contribution in [1.29, 1.82) is 0 Å². The Morgan fingerprint density at radius 3 is 2.31 bits per heavy atom. The normalized spacial score (nSPS) is 10.4. The smallest absolute Gasteiger partial charge is 0.168 e. The lowest BCUT2D eigenvalue weighted by Crippen LogP contribution is -2.01. The van der Waals surface area contributed by atoms with Crippen LogP contribution in [0.4, 0.5) is 0 Å². The summed E-state index contributed by atoms with van der Waals surface area (Å²) in [4.78, 5) is 12.8. The molecule has 1 nitrogen and oxygen atoms in total. The summed E-state index contributed by atoms with van der Waals surface area (Å²) >= 11 is 13.0. The van der Waals surface area contributed by atoms with E-state index in [2.05, 4.69) is 0 Å². The SMILES string of the molecule is O=C(Cc1ccc(Cl)s1)c1ccc(Cl)cc1. The minimum atomic E-state index is 0.0789. The summed E-state index contributed by atoms with van der Waals surface area (Å²) in [6, 6.07) is 10.6. The highest BCUT2D eigenvalue weighted by Gasteiger charge is 2.08. The molecule has 1 heterocycles. The van der Waals surface area contributed by atoms with Crippen molar-refractivity contribution >= 4 is 40.3 Å². The Labute approximate surface area is 108 Å². The van der Waals surface area contributed by atoms with Gasteiger partial charge in [-0.15, -0.1) is 11.3 Å². The van der Waals surface area contributed by atoms with Gasteiger partial charge in [0.05, 0.1) is 4.34 Å². The van der Waals surface area contributed by atoms with Gasteiger partial charge in [-0.2, -0.15) is 0 Å². The summed E-state index contributed by atoms with van der Waals surface area (Å²) in [5.41, 5.74) is 0.675. The Morgan fingerprint density at radius 2 is 1.75 bits per heavy atom. The molecule has 0 saturated carbocycles. The maximum Gasteiger partial charge on any atom is 0.168 e. The maximum atomic E-state index is 11.9. The first-order chi connectivity index (χ1) is 7.65. The van der Waals surface area contributed by atoms with Gasteiger partial charge in [-0.3, -0.25) is 4.79 Å². The van der Waals surface area contributed by atoms with Crippen LogP contribution in [0.3, 0.4) is 0 Å². The van der Waals surface area contributed by atoms with Crippen molar-refractivity contribution in [1.82, 2.24) is 0 Å². The number of benzene rings is 1. The first-order valence-corrected chi connectivity index (χ1v) is 6.25. The summed E-state index contributed by atoms with van der Waals surface area (Å²) in [6.07, 6.45) is 0.388. The van der Waals surface area contributed by atoms with Crippen molar-refractivity contribution < 1.29 is 4.79 Å². The van der Waals surface area contributed by atoms with E-state index in [1.807, 2.05) is 6.07 Å². The van der Waals surface area contributed by atoms with Crippen molar-refractivity contribution in [2.45, 2.75) is 6.42 Å². The van der Waals surface area contributed by atoms with E-state index >= 15 is 0 Å². The van der Waals surface area contributed by atoms with Crippen LogP contribution in [0.15, 0.2) is 36.4 Å². The van der Waals surface area contributed by atoms with Gasteiger partial charge in [0.25, 0.3) is 0 Å². The summed E-state index contributed by atoms with van der Waals surface area (Å²) in [5.74, 6) is 0.0789. The Bertz CT molecular complexity index is 502. The zero-order valence-electron chi connectivity index (χ0n) is 8.24. The van der Waals surface area contributed by atoms with Crippen molar-refractivity contribution in [3.63, 3.8) is 0 Å². The van der Waals surface area contributed by atoms with Gasteiger partial charge in [0.2, 0.25) is 0 Å². The number of ketones is 1. The topological polar surface area (TPSA) is 17.1 Å². The van der Waals surface area contributed by atoms with Crippen molar-refractivity contribution in [3.8, 4) is 0 Å². The van der Waals surface area contributed by atoms with Gasteiger partial charge in [0, 0.05) is 21.9 Å². The van der Waals surface area contributed by atoms with E-state index in [0.29, 0.717) is 21.3 Å². The first kappa shape index (κ1) is 11.6. The second-order valence-corrected chi connectivity index (χ2v) is 5.55. The van der Waals surface area contributed by atoms with Crippen LogP contribution in [-0.2, 0) is 6.42 Å². The molecule has 0 spiro atoms. The third kappa shape index (κ3) is 2.85. The summed E-state index contributed by atoms with van der Waals surface area (Å²) in [5, 5.41) is 0.635. The molecule has 0 radical (unpaired) electrons. The standard InChI is InChI=1S/C12H8Cl2OS/c13-9-3-1-8(2-4-9)11(15)7-10-5-6-12(14)16-10/h1-6H,7H2. The van der Waals surface area contributed by atoms with Gasteiger partial charge in [0.1, 0.15) is 0 Å². The molecule has 82 valence electrons. The molecule has 0 unspecified atom stereocenters. The predicted octanol–water partition coefficient (Wildman–Crippen LogP) is 4.48. The van der Waals surface area contributed by atoms with Crippen molar-refractivity contribution in [3.05, 3.63) is 56.2 Å². The fourth-order valence-electron chi connectivity index (χ4n) is 1.34. The highest BCUT2D eigenvalue weighted by molar-refractivity contribution is 7.16. The number of hydrogen-bond donors (Lipinski definition) is 0. The minimum absolute atomic E-state index is 0.0789. The molecule has 1 aromatic carbocycles. The van der Waals surface area contributed by atoms with Gasteiger partial charge in [-0.1, -0.05) is 23.2 Å². The van der Waals surface area contributed by atoms with Gasteiger partial charge < -0.3 is 0 Å². The lowest BCUT2D eigenvalue weighted by molar-refractivity contribution is 0.0994. The number of rotatable bonds is 3. The second-order valence-electron chi connectivity index (χ2n) is 3.31. The molecule has 0 atom stereocenters. The predicted molar refractivity (Wildman–Crippen MR) is 68.8 cm³/mol. The summed E-state index contributed by atoms with van der Waals surface area (Å²) in [7, 11) is 0. The van der Waals surface area contributed by atoms with Crippen LogP contribution in [-0.4, -0.2) is 5.78 Å². The lowest BCUT2D eigenvalue weighted by atomic mass is 10.1.